The maximum Gasteiger partial charge on any atom is 0.146 e. The summed E-state index contributed by atoms with van der Waals surface area (Å²) in [5.41, 5.74) is 1.75. The van der Waals surface area contributed by atoms with Gasteiger partial charge < -0.3 is 15.0 Å². The molecule has 1 atom stereocenters. The molecule has 1 unspecified atom stereocenters. The van der Waals surface area contributed by atoms with Crippen molar-refractivity contribution in [1.82, 2.24) is 5.32 Å². The van der Waals surface area contributed by atoms with Gasteiger partial charge in [-0.3, -0.25) is 0 Å². The van der Waals surface area contributed by atoms with E-state index in [-0.39, 0.29) is 11.9 Å². The standard InChI is InChI=1S/C17H25FN2O/c1-2-21-15-4-3-9-20(12-15)17-8-5-13(10-16(17)18)11-19-14-6-7-14/h5,8,10,14-15,19H,2-4,6-7,9,11-12H2,1H3. The van der Waals surface area contributed by atoms with Crippen LogP contribution in [0.3, 0.4) is 0 Å². The van der Waals surface area contributed by atoms with Gasteiger partial charge in [0.15, 0.2) is 0 Å². The number of piperidine rings is 1. The van der Waals surface area contributed by atoms with E-state index in [4.69, 9.17) is 4.74 Å². The summed E-state index contributed by atoms with van der Waals surface area (Å²) in [7, 11) is 0. The van der Waals surface area contributed by atoms with Crippen molar-refractivity contribution in [3.05, 3.63) is 29.6 Å². The monoisotopic (exact) mass is 292 g/mol. The van der Waals surface area contributed by atoms with Crippen LogP contribution in [0, 0.1) is 5.82 Å². The summed E-state index contributed by atoms with van der Waals surface area (Å²) in [6.07, 6.45) is 4.89. The minimum Gasteiger partial charge on any atom is -0.377 e. The Hall–Kier alpha value is -1.13. The second kappa shape index (κ2) is 6.75. The van der Waals surface area contributed by atoms with Crippen molar-refractivity contribution in [1.29, 1.82) is 0 Å². The molecule has 3 rings (SSSR count). The molecular weight excluding hydrogens is 267 g/mol. The second-order valence-corrected chi connectivity index (χ2v) is 6.11. The highest BCUT2D eigenvalue weighted by molar-refractivity contribution is 5.49. The molecule has 1 saturated heterocycles. The number of halogens is 1. The maximum absolute atomic E-state index is 14.4. The van der Waals surface area contributed by atoms with Crippen molar-refractivity contribution in [3.63, 3.8) is 0 Å². The van der Waals surface area contributed by atoms with Crippen molar-refractivity contribution in [2.75, 3.05) is 24.6 Å². The SMILES string of the molecule is CCOC1CCCN(c2ccc(CNC3CC3)cc2F)C1. The van der Waals surface area contributed by atoms with Gasteiger partial charge in [-0.1, -0.05) is 6.07 Å². The Labute approximate surface area is 126 Å². The van der Waals surface area contributed by atoms with E-state index in [9.17, 15) is 4.39 Å². The number of nitrogens with one attached hydrogen (secondary N) is 1. The van der Waals surface area contributed by atoms with Gasteiger partial charge in [-0.2, -0.15) is 0 Å². The van der Waals surface area contributed by atoms with E-state index in [1.54, 1.807) is 6.07 Å². The van der Waals surface area contributed by atoms with Gasteiger partial charge in [-0.15, -0.1) is 0 Å². The second-order valence-electron chi connectivity index (χ2n) is 6.11. The molecule has 1 aliphatic carbocycles. The summed E-state index contributed by atoms with van der Waals surface area (Å²) in [6, 6.07) is 6.29. The van der Waals surface area contributed by atoms with Crippen LogP contribution in [0.4, 0.5) is 10.1 Å². The largest absolute Gasteiger partial charge is 0.377 e. The fourth-order valence-corrected chi connectivity index (χ4v) is 3.00. The molecule has 0 bridgehead atoms. The van der Waals surface area contributed by atoms with Crippen molar-refractivity contribution in [2.24, 2.45) is 0 Å². The Morgan fingerprint density at radius 1 is 1.33 bits per heavy atom. The molecule has 3 nitrogen and oxygen atoms in total. The molecule has 21 heavy (non-hydrogen) atoms. The van der Waals surface area contributed by atoms with E-state index in [2.05, 4.69) is 10.2 Å². The van der Waals surface area contributed by atoms with E-state index in [1.165, 1.54) is 12.8 Å². The van der Waals surface area contributed by atoms with E-state index in [0.717, 1.165) is 50.3 Å². The van der Waals surface area contributed by atoms with Gasteiger partial charge in [0, 0.05) is 32.3 Å². The number of hydrogen-bond acceptors (Lipinski definition) is 3. The molecule has 4 heteroatoms. The lowest BCUT2D eigenvalue weighted by Gasteiger charge is -2.34. The van der Waals surface area contributed by atoms with Crippen molar-refractivity contribution in [2.45, 2.75) is 51.3 Å². The summed E-state index contributed by atoms with van der Waals surface area (Å²) in [6.45, 7) is 5.22. The lowest BCUT2D eigenvalue weighted by molar-refractivity contribution is 0.0525. The molecule has 1 aliphatic heterocycles. The van der Waals surface area contributed by atoms with Crippen LogP contribution >= 0.6 is 0 Å². The fraction of sp³-hybridized carbons (Fsp3) is 0.647. The van der Waals surface area contributed by atoms with Crippen molar-refractivity contribution < 1.29 is 9.13 Å². The quantitative estimate of drug-likeness (QED) is 0.872. The molecule has 2 fully saturated rings. The lowest BCUT2D eigenvalue weighted by atomic mass is 10.1. The third-order valence-electron chi connectivity index (χ3n) is 4.31. The first-order valence-electron chi connectivity index (χ1n) is 8.14. The number of hydrogen-bond donors (Lipinski definition) is 1. The Morgan fingerprint density at radius 3 is 2.90 bits per heavy atom. The molecule has 116 valence electrons. The highest BCUT2D eigenvalue weighted by Crippen LogP contribution is 2.26. The highest BCUT2D eigenvalue weighted by Gasteiger charge is 2.23. The van der Waals surface area contributed by atoms with Gasteiger partial charge in [-0.25, -0.2) is 4.39 Å². The fourth-order valence-electron chi connectivity index (χ4n) is 3.00. The average molecular weight is 292 g/mol. The zero-order valence-electron chi connectivity index (χ0n) is 12.8. The number of anilines is 1. The van der Waals surface area contributed by atoms with Gasteiger partial charge in [0.25, 0.3) is 0 Å². The Bertz CT molecular complexity index is 474. The van der Waals surface area contributed by atoms with E-state index in [1.807, 2.05) is 19.1 Å². The number of rotatable bonds is 6. The van der Waals surface area contributed by atoms with Crippen molar-refractivity contribution in [3.8, 4) is 0 Å². The highest BCUT2D eigenvalue weighted by atomic mass is 19.1. The normalized spacial score (nSPS) is 22.6. The summed E-state index contributed by atoms with van der Waals surface area (Å²) >= 11 is 0. The Morgan fingerprint density at radius 2 is 2.19 bits per heavy atom. The summed E-state index contributed by atoms with van der Waals surface area (Å²) in [5.74, 6) is -0.109. The van der Waals surface area contributed by atoms with E-state index < -0.39 is 0 Å². The molecule has 1 aromatic rings. The lowest BCUT2D eigenvalue weighted by Crippen LogP contribution is -2.40. The minimum atomic E-state index is -0.109. The smallest absolute Gasteiger partial charge is 0.146 e. The number of ether oxygens (including phenoxy) is 1. The van der Waals surface area contributed by atoms with Crippen LogP contribution in [0.1, 0.15) is 38.2 Å². The maximum atomic E-state index is 14.4. The van der Waals surface area contributed by atoms with Gasteiger partial charge in [0.05, 0.1) is 11.8 Å². The van der Waals surface area contributed by atoms with Gasteiger partial charge in [-0.05, 0) is 50.3 Å². The molecule has 1 saturated carbocycles. The molecule has 2 aliphatic rings. The molecule has 0 radical (unpaired) electrons. The van der Waals surface area contributed by atoms with Crippen LogP contribution in [-0.4, -0.2) is 31.8 Å². The third-order valence-corrected chi connectivity index (χ3v) is 4.31. The molecule has 1 heterocycles. The minimum absolute atomic E-state index is 0.109. The first-order chi connectivity index (χ1) is 10.3. The summed E-state index contributed by atoms with van der Waals surface area (Å²) in [4.78, 5) is 2.12. The summed E-state index contributed by atoms with van der Waals surface area (Å²) in [5, 5.41) is 3.42. The zero-order valence-corrected chi connectivity index (χ0v) is 12.8. The molecule has 0 spiro atoms. The van der Waals surface area contributed by atoms with Crippen LogP contribution in [0.15, 0.2) is 18.2 Å². The zero-order chi connectivity index (χ0) is 14.7. The van der Waals surface area contributed by atoms with E-state index in [0.29, 0.717) is 6.04 Å². The van der Waals surface area contributed by atoms with Crippen LogP contribution < -0.4 is 10.2 Å². The van der Waals surface area contributed by atoms with Gasteiger partial charge in [0.1, 0.15) is 5.82 Å². The van der Waals surface area contributed by atoms with E-state index >= 15 is 0 Å². The van der Waals surface area contributed by atoms with Crippen LogP contribution in [0.5, 0.6) is 0 Å². The molecule has 1 N–H and O–H groups in total. The Kier molecular flexibility index (Phi) is 4.76. The predicted molar refractivity (Wildman–Crippen MR) is 83.1 cm³/mol. The predicted octanol–water partition coefficient (Wildman–Crippen LogP) is 3.08. The van der Waals surface area contributed by atoms with Crippen LogP contribution in [0.25, 0.3) is 0 Å². The number of benzene rings is 1. The van der Waals surface area contributed by atoms with Gasteiger partial charge in [0.2, 0.25) is 0 Å². The molecule has 1 aromatic carbocycles. The summed E-state index contributed by atoms with van der Waals surface area (Å²) < 4.78 is 20.1. The molecule has 0 amide bonds. The first-order valence-corrected chi connectivity index (χ1v) is 8.14. The molecular formula is C17H25FN2O. The number of nitrogens with zero attached hydrogens (tertiary/aromatic N) is 1. The Balaban J connectivity index is 1.63. The third kappa shape index (κ3) is 3.95. The van der Waals surface area contributed by atoms with Crippen LogP contribution in [0.2, 0.25) is 0 Å². The topological polar surface area (TPSA) is 24.5 Å². The van der Waals surface area contributed by atoms with Gasteiger partial charge >= 0.3 is 0 Å². The average Bonchev–Trinajstić information content (AvgIpc) is 3.30. The molecule has 0 aromatic heterocycles. The van der Waals surface area contributed by atoms with Crippen molar-refractivity contribution >= 4 is 5.69 Å². The first kappa shape index (κ1) is 14.8. The van der Waals surface area contributed by atoms with Crippen LogP contribution in [-0.2, 0) is 11.3 Å².